The van der Waals surface area contributed by atoms with Gasteiger partial charge >= 0.3 is 5.69 Å². The largest absolute Gasteiger partial charge is 0.363 e. The minimum atomic E-state index is -0.531. The number of halogens is 1. The Bertz CT molecular complexity index is 637. The molecule has 1 aromatic heterocycles. The van der Waals surface area contributed by atoms with E-state index in [1.54, 1.807) is 19.2 Å². The number of aryl methyl sites for hydroxylation is 1. The summed E-state index contributed by atoms with van der Waals surface area (Å²) in [4.78, 5) is 14.7. The van der Waals surface area contributed by atoms with Gasteiger partial charge in [-0.3, -0.25) is 5.43 Å². The van der Waals surface area contributed by atoms with Crippen LogP contribution in [-0.4, -0.2) is 21.4 Å². The number of benzene rings is 1. The van der Waals surface area contributed by atoms with Crippen molar-refractivity contribution in [3.05, 3.63) is 51.0 Å². The molecule has 2 aromatic rings. The maximum Gasteiger partial charge on any atom is 0.363 e. The average molecular weight is 264 g/mol. The molecule has 1 aromatic carbocycles. The molecule has 7 heteroatoms. The number of hydrogen-bond donors (Lipinski definition) is 2. The van der Waals surface area contributed by atoms with Crippen LogP contribution in [0.1, 0.15) is 11.3 Å². The molecule has 0 aliphatic rings. The van der Waals surface area contributed by atoms with Crippen LogP contribution in [0.5, 0.6) is 0 Å². The van der Waals surface area contributed by atoms with Gasteiger partial charge in [0.15, 0.2) is 5.82 Å². The fourth-order valence-electron chi connectivity index (χ4n) is 1.24. The summed E-state index contributed by atoms with van der Waals surface area (Å²) in [5.41, 5.74) is 3.43. The zero-order chi connectivity index (χ0) is 13.0. The molecular weight excluding hydrogens is 254 g/mol. The molecule has 0 fully saturated rings. The van der Waals surface area contributed by atoms with Crippen LogP contribution in [0.2, 0.25) is 5.02 Å². The van der Waals surface area contributed by atoms with Gasteiger partial charge in [-0.25, -0.2) is 9.89 Å². The second kappa shape index (κ2) is 5.42. The number of rotatable bonds is 3. The summed E-state index contributed by atoms with van der Waals surface area (Å²) >= 11 is 5.96. The van der Waals surface area contributed by atoms with E-state index in [1.165, 1.54) is 0 Å². The molecule has 1 heterocycles. The average Bonchev–Trinajstić information content (AvgIpc) is 2.36. The van der Waals surface area contributed by atoms with Crippen LogP contribution in [-0.2, 0) is 0 Å². The Morgan fingerprint density at radius 2 is 2.22 bits per heavy atom. The van der Waals surface area contributed by atoms with Gasteiger partial charge in [-0.2, -0.15) is 15.2 Å². The van der Waals surface area contributed by atoms with Crippen LogP contribution in [0.15, 0.2) is 34.2 Å². The van der Waals surface area contributed by atoms with Crippen molar-refractivity contribution >= 4 is 23.6 Å². The number of aromatic amines is 1. The molecule has 0 atom stereocenters. The lowest BCUT2D eigenvalue weighted by atomic mass is 10.2. The van der Waals surface area contributed by atoms with Crippen LogP contribution >= 0.6 is 11.6 Å². The summed E-state index contributed by atoms with van der Waals surface area (Å²) in [5.74, 6) is 0.307. The van der Waals surface area contributed by atoms with Crippen molar-refractivity contribution in [1.82, 2.24) is 15.2 Å². The van der Waals surface area contributed by atoms with Crippen LogP contribution in [0, 0.1) is 6.92 Å². The molecule has 92 valence electrons. The highest BCUT2D eigenvalue weighted by molar-refractivity contribution is 6.33. The van der Waals surface area contributed by atoms with E-state index < -0.39 is 5.69 Å². The lowest BCUT2D eigenvalue weighted by Gasteiger charge is -2.01. The third-order valence-corrected chi connectivity index (χ3v) is 2.50. The van der Waals surface area contributed by atoms with Crippen molar-refractivity contribution in [3.63, 3.8) is 0 Å². The normalized spacial score (nSPS) is 10.8. The molecule has 6 nitrogen and oxygen atoms in total. The minimum absolute atomic E-state index is 0.307. The van der Waals surface area contributed by atoms with E-state index in [0.717, 1.165) is 5.56 Å². The third-order valence-electron chi connectivity index (χ3n) is 2.15. The zero-order valence-electron chi connectivity index (χ0n) is 9.51. The van der Waals surface area contributed by atoms with Gasteiger partial charge in [-0.1, -0.05) is 29.8 Å². The highest BCUT2D eigenvalue weighted by Gasteiger charge is 2.00. The van der Waals surface area contributed by atoms with E-state index in [4.69, 9.17) is 11.6 Å². The molecule has 2 N–H and O–H groups in total. The van der Waals surface area contributed by atoms with Crippen LogP contribution < -0.4 is 11.1 Å². The molecule has 0 amide bonds. The summed E-state index contributed by atoms with van der Waals surface area (Å²) in [7, 11) is 0. The molecular formula is C11H10ClN5O. The molecule has 18 heavy (non-hydrogen) atoms. The highest BCUT2D eigenvalue weighted by Crippen LogP contribution is 2.12. The summed E-state index contributed by atoms with van der Waals surface area (Å²) in [6.45, 7) is 1.70. The lowest BCUT2D eigenvalue weighted by Crippen LogP contribution is -2.15. The predicted octanol–water partition coefficient (Wildman–Crippen LogP) is 1.57. The number of nitrogens with zero attached hydrogens (tertiary/aromatic N) is 3. The first-order valence-electron chi connectivity index (χ1n) is 5.14. The van der Waals surface area contributed by atoms with E-state index in [0.29, 0.717) is 16.5 Å². The second-order valence-corrected chi connectivity index (χ2v) is 3.87. The predicted molar refractivity (Wildman–Crippen MR) is 70.1 cm³/mol. The van der Waals surface area contributed by atoms with Gasteiger partial charge < -0.3 is 0 Å². The minimum Gasteiger partial charge on any atom is -0.260 e. The SMILES string of the molecule is Cc1n[nH]c(=O)nc1N/N=C/c1ccccc1Cl. The maximum atomic E-state index is 11.0. The number of anilines is 1. The smallest absolute Gasteiger partial charge is 0.260 e. The molecule has 0 aliphatic heterocycles. The van der Waals surface area contributed by atoms with E-state index >= 15 is 0 Å². The Morgan fingerprint density at radius 1 is 1.44 bits per heavy atom. The molecule has 0 aliphatic carbocycles. The third kappa shape index (κ3) is 2.92. The fraction of sp³-hybridized carbons (Fsp3) is 0.0909. The molecule has 2 rings (SSSR count). The first kappa shape index (κ1) is 12.3. The zero-order valence-corrected chi connectivity index (χ0v) is 10.3. The number of aromatic nitrogens is 3. The molecule has 0 saturated heterocycles. The monoisotopic (exact) mass is 263 g/mol. The van der Waals surface area contributed by atoms with Crippen LogP contribution in [0.25, 0.3) is 0 Å². The highest BCUT2D eigenvalue weighted by atomic mass is 35.5. The number of nitrogens with one attached hydrogen (secondary N) is 2. The quantitative estimate of drug-likeness (QED) is 0.650. The fourth-order valence-corrected chi connectivity index (χ4v) is 1.43. The Labute approximate surface area is 108 Å². The maximum absolute atomic E-state index is 11.0. The van der Waals surface area contributed by atoms with Crippen molar-refractivity contribution in [1.29, 1.82) is 0 Å². The number of hydrogen-bond acceptors (Lipinski definition) is 5. The van der Waals surface area contributed by atoms with Gasteiger partial charge in [0, 0.05) is 10.6 Å². The van der Waals surface area contributed by atoms with E-state index in [-0.39, 0.29) is 0 Å². The van der Waals surface area contributed by atoms with Crippen LogP contribution in [0.3, 0.4) is 0 Å². The van der Waals surface area contributed by atoms with Crippen molar-refractivity contribution in [2.45, 2.75) is 6.92 Å². The molecule has 0 spiro atoms. The van der Waals surface area contributed by atoms with Gasteiger partial charge in [0.25, 0.3) is 0 Å². The Kier molecular flexibility index (Phi) is 3.69. The van der Waals surface area contributed by atoms with Crippen molar-refractivity contribution in [2.24, 2.45) is 5.10 Å². The molecule has 0 bridgehead atoms. The van der Waals surface area contributed by atoms with Gasteiger partial charge in [0.05, 0.1) is 6.21 Å². The van der Waals surface area contributed by atoms with Crippen molar-refractivity contribution in [2.75, 3.05) is 5.43 Å². The summed E-state index contributed by atoms with van der Waals surface area (Å²) in [5, 5.41) is 10.5. The van der Waals surface area contributed by atoms with Crippen molar-refractivity contribution < 1.29 is 0 Å². The first-order chi connectivity index (χ1) is 8.66. The van der Waals surface area contributed by atoms with E-state index in [2.05, 4.69) is 25.7 Å². The Balaban J connectivity index is 2.15. The van der Waals surface area contributed by atoms with Crippen LogP contribution in [0.4, 0.5) is 5.82 Å². The standard InChI is InChI=1S/C11H10ClN5O/c1-7-10(14-11(18)17-15-7)16-13-6-8-4-2-3-5-9(8)12/h2-6H,1H3,(H2,14,16,17,18)/b13-6+. The van der Waals surface area contributed by atoms with E-state index in [1.807, 2.05) is 18.2 Å². The topological polar surface area (TPSA) is 83.0 Å². The Morgan fingerprint density at radius 3 is 3.00 bits per heavy atom. The van der Waals surface area contributed by atoms with E-state index in [9.17, 15) is 4.79 Å². The molecule has 0 saturated carbocycles. The van der Waals surface area contributed by atoms with Gasteiger partial charge in [0.1, 0.15) is 5.69 Å². The summed E-state index contributed by atoms with van der Waals surface area (Å²) in [6, 6.07) is 7.27. The molecule has 0 radical (unpaired) electrons. The number of hydrazone groups is 1. The second-order valence-electron chi connectivity index (χ2n) is 3.47. The Hall–Kier alpha value is -2.21. The molecule has 0 unspecified atom stereocenters. The van der Waals surface area contributed by atoms with Gasteiger partial charge in [0.2, 0.25) is 0 Å². The lowest BCUT2D eigenvalue weighted by molar-refractivity contribution is 0.879. The van der Waals surface area contributed by atoms with Gasteiger partial charge in [-0.05, 0) is 13.0 Å². The number of H-pyrrole nitrogens is 1. The van der Waals surface area contributed by atoms with Gasteiger partial charge in [-0.15, -0.1) is 0 Å². The summed E-state index contributed by atoms with van der Waals surface area (Å²) in [6.07, 6.45) is 1.55. The summed E-state index contributed by atoms with van der Waals surface area (Å²) < 4.78 is 0. The first-order valence-corrected chi connectivity index (χ1v) is 5.51. The van der Waals surface area contributed by atoms with Crippen molar-refractivity contribution in [3.8, 4) is 0 Å².